The summed E-state index contributed by atoms with van der Waals surface area (Å²) in [7, 11) is 0. The Morgan fingerprint density at radius 2 is 2.24 bits per heavy atom. The van der Waals surface area contributed by atoms with Crippen LogP contribution in [-0.4, -0.2) is 11.0 Å². The van der Waals surface area contributed by atoms with Gasteiger partial charge in [0.05, 0.1) is 0 Å². The Balaban J connectivity index is 2.34. The predicted molar refractivity (Wildman–Crippen MR) is 70.8 cm³/mol. The fraction of sp³-hybridized carbons (Fsp3) is 0.571. The second-order valence-electron chi connectivity index (χ2n) is 4.44. The van der Waals surface area contributed by atoms with E-state index in [0.717, 1.165) is 5.69 Å². The van der Waals surface area contributed by atoms with Crippen LogP contribution in [0.1, 0.15) is 51.6 Å². The summed E-state index contributed by atoms with van der Waals surface area (Å²) in [5.41, 5.74) is 1.45. The zero-order valence-corrected chi connectivity index (χ0v) is 10.7. The normalized spacial score (nSPS) is 11.8. The topological polar surface area (TPSA) is 48.7 Å². The molecule has 3 heteroatoms. The van der Waals surface area contributed by atoms with Crippen LogP contribution in [0, 0.1) is 11.3 Å². The minimum absolute atomic E-state index is 0.445. The number of hydrogen-bond donors (Lipinski definition) is 1. The maximum absolute atomic E-state index is 8.76. The monoisotopic (exact) mass is 231 g/mol. The highest BCUT2D eigenvalue weighted by Crippen LogP contribution is 2.12. The molecule has 0 saturated carbocycles. The summed E-state index contributed by atoms with van der Waals surface area (Å²) in [6.45, 7) is 4.40. The zero-order valence-electron chi connectivity index (χ0n) is 10.7. The van der Waals surface area contributed by atoms with Crippen molar-refractivity contribution in [3.8, 4) is 6.07 Å². The van der Waals surface area contributed by atoms with E-state index in [1.807, 2.05) is 12.1 Å². The molecule has 17 heavy (non-hydrogen) atoms. The van der Waals surface area contributed by atoms with Crippen molar-refractivity contribution in [2.45, 2.75) is 52.0 Å². The van der Waals surface area contributed by atoms with Crippen LogP contribution in [0.2, 0.25) is 0 Å². The molecule has 1 aromatic heterocycles. The standard InChI is InChI=1S/C14H21N3/c1-3-4-5-6-7-12(2)17-13-8-9-16-14(10-13)11-15/h8-10,12H,3-7H2,1-2H3,(H,16,17). The molecule has 0 aromatic carbocycles. The smallest absolute Gasteiger partial charge is 0.142 e. The first-order valence-electron chi connectivity index (χ1n) is 6.39. The maximum Gasteiger partial charge on any atom is 0.142 e. The number of anilines is 1. The van der Waals surface area contributed by atoms with Crippen molar-refractivity contribution in [2.24, 2.45) is 0 Å². The summed E-state index contributed by atoms with van der Waals surface area (Å²) < 4.78 is 0. The quantitative estimate of drug-likeness (QED) is 0.727. The third-order valence-corrected chi connectivity index (χ3v) is 2.78. The molecule has 1 heterocycles. The van der Waals surface area contributed by atoms with Crippen LogP contribution in [0.5, 0.6) is 0 Å². The molecule has 0 aliphatic heterocycles. The van der Waals surface area contributed by atoms with E-state index in [1.165, 1.54) is 32.1 Å². The molecule has 0 aliphatic carbocycles. The lowest BCUT2D eigenvalue weighted by Gasteiger charge is -2.14. The van der Waals surface area contributed by atoms with Gasteiger partial charge in [0, 0.05) is 17.9 Å². The summed E-state index contributed by atoms with van der Waals surface area (Å²) in [6, 6.07) is 6.19. The molecule has 3 nitrogen and oxygen atoms in total. The molecular weight excluding hydrogens is 210 g/mol. The summed E-state index contributed by atoms with van der Waals surface area (Å²) in [4.78, 5) is 3.95. The minimum Gasteiger partial charge on any atom is -0.382 e. The number of pyridine rings is 1. The van der Waals surface area contributed by atoms with Gasteiger partial charge in [-0.05, 0) is 25.5 Å². The van der Waals surface area contributed by atoms with E-state index in [4.69, 9.17) is 5.26 Å². The van der Waals surface area contributed by atoms with Crippen molar-refractivity contribution >= 4 is 5.69 Å². The molecule has 1 aromatic rings. The van der Waals surface area contributed by atoms with Crippen molar-refractivity contribution in [2.75, 3.05) is 5.32 Å². The van der Waals surface area contributed by atoms with E-state index in [1.54, 1.807) is 12.3 Å². The molecule has 1 atom stereocenters. The molecule has 0 saturated heterocycles. The second kappa shape index (κ2) is 7.67. The lowest BCUT2D eigenvalue weighted by molar-refractivity contribution is 0.594. The van der Waals surface area contributed by atoms with Crippen molar-refractivity contribution in [1.82, 2.24) is 4.98 Å². The first-order chi connectivity index (χ1) is 8.26. The molecule has 1 rings (SSSR count). The van der Waals surface area contributed by atoms with E-state index in [9.17, 15) is 0 Å². The SMILES string of the molecule is CCCCCCC(C)Nc1ccnc(C#N)c1. The van der Waals surface area contributed by atoms with Crippen LogP contribution < -0.4 is 5.32 Å². The van der Waals surface area contributed by atoms with Gasteiger partial charge >= 0.3 is 0 Å². The first kappa shape index (κ1) is 13.5. The van der Waals surface area contributed by atoms with Gasteiger partial charge in [-0.25, -0.2) is 4.98 Å². The van der Waals surface area contributed by atoms with E-state index in [2.05, 4.69) is 24.1 Å². The van der Waals surface area contributed by atoms with Gasteiger partial charge in [-0.1, -0.05) is 32.6 Å². The molecule has 1 N–H and O–H groups in total. The van der Waals surface area contributed by atoms with Crippen LogP contribution in [0.3, 0.4) is 0 Å². The summed E-state index contributed by atoms with van der Waals surface area (Å²) in [6.07, 6.45) is 8.01. The van der Waals surface area contributed by atoms with Gasteiger partial charge in [0.15, 0.2) is 0 Å². The number of rotatable bonds is 7. The molecule has 0 aliphatic rings. The summed E-state index contributed by atoms with van der Waals surface area (Å²) in [5.74, 6) is 0. The van der Waals surface area contributed by atoms with Crippen molar-refractivity contribution in [3.05, 3.63) is 24.0 Å². The van der Waals surface area contributed by atoms with Crippen LogP contribution in [-0.2, 0) is 0 Å². The van der Waals surface area contributed by atoms with Gasteiger partial charge in [-0.3, -0.25) is 0 Å². The lowest BCUT2D eigenvalue weighted by Crippen LogP contribution is -2.14. The number of nitriles is 1. The second-order valence-corrected chi connectivity index (χ2v) is 4.44. The third kappa shape index (κ3) is 5.35. The molecule has 0 amide bonds. The van der Waals surface area contributed by atoms with Crippen molar-refractivity contribution < 1.29 is 0 Å². The predicted octanol–water partition coefficient (Wildman–Crippen LogP) is 3.72. The lowest BCUT2D eigenvalue weighted by atomic mass is 10.1. The largest absolute Gasteiger partial charge is 0.382 e. The fourth-order valence-electron chi connectivity index (χ4n) is 1.82. The summed E-state index contributed by atoms with van der Waals surface area (Å²) in [5, 5.41) is 12.2. The summed E-state index contributed by atoms with van der Waals surface area (Å²) >= 11 is 0. The van der Waals surface area contributed by atoms with Crippen molar-refractivity contribution in [3.63, 3.8) is 0 Å². The number of nitrogens with zero attached hydrogens (tertiary/aromatic N) is 2. The molecule has 1 unspecified atom stereocenters. The number of unbranched alkanes of at least 4 members (excludes halogenated alkanes) is 3. The molecule has 0 fully saturated rings. The number of nitrogens with one attached hydrogen (secondary N) is 1. The Kier molecular flexibility index (Phi) is 6.09. The van der Waals surface area contributed by atoms with Crippen LogP contribution in [0.4, 0.5) is 5.69 Å². The van der Waals surface area contributed by atoms with Gasteiger partial charge in [0.25, 0.3) is 0 Å². The molecule has 92 valence electrons. The highest BCUT2D eigenvalue weighted by Gasteiger charge is 2.02. The van der Waals surface area contributed by atoms with E-state index >= 15 is 0 Å². The Hall–Kier alpha value is -1.56. The average Bonchev–Trinajstić information content (AvgIpc) is 2.35. The molecule has 0 spiro atoms. The Bertz CT molecular complexity index is 368. The van der Waals surface area contributed by atoms with E-state index in [0.29, 0.717) is 11.7 Å². The Morgan fingerprint density at radius 3 is 2.94 bits per heavy atom. The highest BCUT2D eigenvalue weighted by molar-refractivity contribution is 5.46. The van der Waals surface area contributed by atoms with Gasteiger partial charge in [0.2, 0.25) is 0 Å². The number of aromatic nitrogens is 1. The molecule has 0 radical (unpaired) electrons. The fourth-order valence-corrected chi connectivity index (χ4v) is 1.82. The third-order valence-electron chi connectivity index (χ3n) is 2.78. The highest BCUT2D eigenvalue weighted by atomic mass is 14.9. The Labute approximate surface area is 104 Å². The van der Waals surface area contributed by atoms with E-state index in [-0.39, 0.29) is 0 Å². The molecular formula is C14H21N3. The number of hydrogen-bond acceptors (Lipinski definition) is 3. The van der Waals surface area contributed by atoms with Crippen LogP contribution in [0.15, 0.2) is 18.3 Å². The minimum atomic E-state index is 0.445. The van der Waals surface area contributed by atoms with Crippen LogP contribution in [0.25, 0.3) is 0 Å². The zero-order chi connectivity index (χ0) is 12.5. The van der Waals surface area contributed by atoms with Gasteiger partial charge < -0.3 is 5.32 Å². The first-order valence-corrected chi connectivity index (χ1v) is 6.39. The van der Waals surface area contributed by atoms with Crippen molar-refractivity contribution in [1.29, 1.82) is 5.26 Å². The van der Waals surface area contributed by atoms with E-state index < -0.39 is 0 Å². The van der Waals surface area contributed by atoms with Gasteiger partial charge in [-0.2, -0.15) is 5.26 Å². The van der Waals surface area contributed by atoms with Gasteiger partial charge in [0.1, 0.15) is 11.8 Å². The maximum atomic E-state index is 8.76. The Morgan fingerprint density at radius 1 is 1.41 bits per heavy atom. The van der Waals surface area contributed by atoms with Crippen LogP contribution >= 0.6 is 0 Å². The van der Waals surface area contributed by atoms with Gasteiger partial charge in [-0.15, -0.1) is 0 Å². The molecule has 0 bridgehead atoms. The average molecular weight is 231 g/mol.